The van der Waals surface area contributed by atoms with E-state index < -0.39 is 0 Å². The van der Waals surface area contributed by atoms with Gasteiger partial charge in [-0.2, -0.15) is 0 Å². The summed E-state index contributed by atoms with van der Waals surface area (Å²) >= 11 is 5.37. The number of fused-ring (bicyclic) bond motifs is 1. The molecule has 0 saturated heterocycles. The SMILES string of the molecule is CC(C)c1nc2cc(N)ccc2n1Cc1sccc1Br. The Morgan fingerprint density at radius 1 is 1.35 bits per heavy atom. The molecular formula is C15H16BrN3S. The van der Waals surface area contributed by atoms with Gasteiger partial charge in [0.25, 0.3) is 0 Å². The molecule has 0 spiro atoms. The van der Waals surface area contributed by atoms with E-state index in [-0.39, 0.29) is 0 Å². The molecular weight excluding hydrogens is 334 g/mol. The number of halogens is 1. The number of nitrogens with zero attached hydrogens (tertiary/aromatic N) is 2. The number of imidazole rings is 1. The maximum absolute atomic E-state index is 5.86. The first kappa shape index (κ1) is 13.6. The van der Waals surface area contributed by atoms with Crippen LogP contribution in [-0.4, -0.2) is 9.55 Å². The molecule has 0 saturated carbocycles. The zero-order valence-electron chi connectivity index (χ0n) is 11.4. The van der Waals surface area contributed by atoms with E-state index >= 15 is 0 Å². The lowest BCUT2D eigenvalue weighted by atomic mass is 10.2. The second-order valence-electron chi connectivity index (χ2n) is 5.15. The van der Waals surface area contributed by atoms with Crippen LogP contribution in [0.25, 0.3) is 11.0 Å². The number of hydrogen-bond acceptors (Lipinski definition) is 3. The Hall–Kier alpha value is -1.33. The average molecular weight is 350 g/mol. The first-order valence-corrected chi connectivity index (χ1v) is 8.21. The van der Waals surface area contributed by atoms with E-state index in [0.717, 1.165) is 33.6 Å². The third-order valence-electron chi connectivity index (χ3n) is 3.31. The van der Waals surface area contributed by atoms with Crippen molar-refractivity contribution in [2.24, 2.45) is 0 Å². The molecule has 5 heteroatoms. The fourth-order valence-corrected chi connectivity index (χ4v) is 3.82. The average Bonchev–Trinajstić information content (AvgIpc) is 2.95. The smallest absolute Gasteiger partial charge is 0.112 e. The molecule has 1 aromatic carbocycles. The van der Waals surface area contributed by atoms with Gasteiger partial charge in [0.1, 0.15) is 5.82 Å². The standard InChI is InChI=1S/C15H16BrN3S/c1-9(2)15-18-12-7-10(17)3-4-13(12)19(15)8-14-11(16)5-6-20-14/h3-7,9H,8,17H2,1-2H3. The molecule has 0 amide bonds. The number of aromatic nitrogens is 2. The van der Waals surface area contributed by atoms with E-state index in [1.54, 1.807) is 11.3 Å². The maximum Gasteiger partial charge on any atom is 0.112 e. The molecule has 2 N–H and O–H groups in total. The summed E-state index contributed by atoms with van der Waals surface area (Å²) in [7, 11) is 0. The van der Waals surface area contributed by atoms with Gasteiger partial charge in [0.2, 0.25) is 0 Å². The fraction of sp³-hybridized carbons (Fsp3) is 0.267. The van der Waals surface area contributed by atoms with Crippen molar-refractivity contribution in [2.75, 3.05) is 5.73 Å². The number of nitrogens with two attached hydrogens (primary N) is 1. The van der Waals surface area contributed by atoms with Crippen LogP contribution in [0.2, 0.25) is 0 Å². The third kappa shape index (κ3) is 2.36. The lowest BCUT2D eigenvalue weighted by molar-refractivity contribution is 0.687. The van der Waals surface area contributed by atoms with Gasteiger partial charge in [-0.25, -0.2) is 4.98 Å². The van der Waals surface area contributed by atoms with Gasteiger partial charge >= 0.3 is 0 Å². The molecule has 20 heavy (non-hydrogen) atoms. The Morgan fingerprint density at radius 2 is 2.15 bits per heavy atom. The number of hydrogen-bond donors (Lipinski definition) is 1. The van der Waals surface area contributed by atoms with Crippen molar-refractivity contribution in [3.8, 4) is 0 Å². The molecule has 0 fully saturated rings. The second kappa shape index (κ2) is 5.22. The Kier molecular flexibility index (Phi) is 3.56. The largest absolute Gasteiger partial charge is 0.399 e. The van der Waals surface area contributed by atoms with Gasteiger partial charge in [0.05, 0.1) is 17.6 Å². The van der Waals surface area contributed by atoms with Crippen molar-refractivity contribution in [3.05, 3.63) is 44.8 Å². The summed E-state index contributed by atoms with van der Waals surface area (Å²) in [6.07, 6.45) is 0. The van der Waals surface area contributed by atoms with Gasteiger partial charge in [-0.15, -0.1) is 11.3 Å². The van der Waals surface area contributed by atoms with Gasteiger partial charge < -0.3 is 10.3 Å². The Labute approximate surface area is 130 Å². The normalized spacial score (nSPS) is 11.6. The molecule has 0 atom stereocenters. The molecule has 3 aromatic rings. The highest BCUT2D eigenvalue weighted by atomic mass is 79.9. The van der Waals surface area contributed by atoms with E-state index in [1.165, 1.54) is 4.88 Å². The van der Waals surface area contributed by atoms with Crippen LogP contribution in [0.5, 0.6) is 0 Å². The van der Waals surface area contributed by atoms with Crippen LogP contribution >= 0.6 is 27.3 Å². The van der Waals surface area contributed by atoms with Crippen LogP contribution in [0.4, 0.5) is 5.69 Å². The molecule has 0 aliphatic rings. The second-order valence-corrected chi connectivity index (χ2v) is 7.01. The lowest BCUT2D eigenvalue weighted by Gasteiger charge is -2.11. The molecule has 0 bridgehead atoms. The lowest BCUT2D eigenvalue weighted by Crippen LogP contribution is -2.06. The summed E-state index contributed by atoms with van der Waals surface area (Å²) in [6.45, 7) is 5.18. The molecule has 104 valence electrons. The Bertz CT molecular complexity index is 758. The molecule has 0 aliphatic heterocycles. The van der Waals surface area contributed by atoms with Crippen LogP contribution in [-0.2, 0) is 6.54 Å². The minimum atomic E-state index is 0.377. The van der Waals surface area contributed by atoms with E-state index in [9.17, 15) is 0 Å². The Balaban J connectivity index is 2.16. The molecule has 3 rings (SSSR count). The van der Waals surface area contributed by atoms with Crippen LogP contribution in [0.1, 0.15) is 30.5 Å². The summed E-state index contributed by atoms with van der Waals surface area (Å²) in [4.78, 5) is 6.06. The van der Waals surface area contributed by atoms with Gasteiger partial charge in [0, 0.05) is 21.0 Å². The highest BCUT2D eigenvalue weighted by Crippen LogP contribution is 2.29. The summed E-state index contributed by atoms with van der Waals surface area (Å²) in [5.41, 5.74) is 8.74. The first-order valence-electron chi connectivity index (χ1n) is 6.54. The van der Waals surface area contributed by atoms with Crippen molar-refractivity contribution >= 4 is 44.0 Å². The monoisotopic (exact) mass is 349 g/mol. The summed E-state index contributed by atoms with van der Waals surface area (Å²) in [5, 5.41) is 2.10. The van der Waals surface area contributed by atoms with Crippen LogP contribution in [0.3, 0.4) is 0 Å². The highest BCUT2D eigenvalue weighted by molar-refractivity contribution is 9.10. The van der Waals surface area contributed by atoms with Crippen molar-refractivity contribution in [3.63, 3.8) is 0 Å². The van der Waals surface area contributed by atoms with E-state index in [0.29, 0.717) is 5.92 Å². The number of anilines is 1. The van der Waals surface area contributed by atoms with Crippen LogP contribution < -0.4 is 5.73 Å². The van der Waals surface area contributed by atoms with Gasteiger partial charge in [-0.1, -0.05) is 13.8 Å². The molecule has 0 unspecified atom stereocenters. The zero-order chi connectivity index (χ0) is 14.3. The van der Waals surface area contributed by atoms with Crippen LogP contribution in [0.15, 0.2) is 34.1 Å². The van der Waals surface area contributed by atoms with Crippen molar-refractivity contribution in [1.82, 2.24) is 9.55 Å². The number of nitrogen functional groups attached to an aromatic ring is 1. The highest BCUT2D eigenvalue weighted by Gasteiger charge is 2.15. The molecule has 2 heterocycles. The minimum Gasteiger partial charge on any atom is -0.399 e. The maximum atomic E-state index is 5.86. The molecule has 0 radical (unpaired) electrons. The topological polar surface area (TPSA) is 43.8 Å². The van der Waals surface area contributed by atoms with Gasteiger partial charge in [0.15, 0.2) is 0 Å². The fourth-order valence-electron chi connectivity index (χ4n) is 2.35. The van der Waals surface area contributed by atoms with E-state index in [4.69, 9.17) is 10.7 Å². The third-order valence-corrected chi connectivity index (χ3v) is 5.22. The first-order chi connectivity index (χ1) is 9.56. The van der Waals surface area contributed by atoms with E-state index in [1.807, 2.05) is 12.1 Å². The van der Waals surface area contributed by atoms with Crippen LogP contribution in [0, 0.1) is 0 Å². The Morgan fingerprint density at radius 3 is 2.80 bits per heavy atom. The quantitative estimate of drug-likeness (QED) is 0.701. The molecule has 0 aliphatic carbocycles. The van der Waals surface area contributed by atoms with Crippen molar-refractivity contribution < 1.29 is 0 Å². The number of benzene rings is 1. The summed E-state index contributed by atoms with van der Waals surface area (Å²) < 4.78 is 3.45. The number of thiophene rings is 1. The number of rotatable bonds is 3. The molecule has 3 nitrogen and oxygen atoms in total. The summed E-state index contributed by atoms with van der Waals surface area (Å²) in [6, 6.07) is 8.03. The summed E-state index contributed by atoms with van der Waals surface area (Å²) in [5.74, 6) is 1.48. The predicted molar refractivity (Wildman–Crippen MR) is 89.4 cm³/mol. The van der Waals surface area contributed by atoms with Crippen molar-refractivity contribution in [1.29, 1.82) is 0 Å². The van der Waals surface area contributed by atoms with Gasteiger partial charge in [-0.05, 0) is 45.6 Å². The van der Waals surface area contributed by atoms with E-state index in [2.05, 4.69) is 51.9 Å². The molecule has 2 aromatic heterocycles. The zero-order valence-corrected chi connectivity index (χ0v) is 13.8. The predicted octanol–water partition coefficient (Wildman–Crippen LogP) is 4.61. The van der Waals surface area contributed by atoms with Crippen molar-refractivity contribution in [2.45, 2.75) is 26.3 Å². The van der Waals surface area contributed by atoms with Gasteiger partial charge in [-0.3, -0.25) is 0 Å². The minimum absolute atomic E-state index is 0.377.